The number of aromatic nitrogens is 1. The highest BCUT2D eigenvalue weighted by Crippen LogP contribution is 2.15. The van der Waals surface area contributed by atoms with Crippen LogP contribution in [0.15, 0.2) is 59.4 Å². The van der Waals surface area contributed by atoms with Crippen molar-refractivity contribution in [1.29, 1.82) is 0 Å². The smallest absolute Gasteiger partial charge is 0.263 e. The Morgan fingerprint density at radius 2 is 1.75 bits per heavy atom. The van der Waals surface area contributed by atoms with Crippen molar-refractivity contribution in [3.05, 3.63) is 76.1 Å². The van der Waals surface area contributed by atoms with Crippen molar-refractivity contribution in [3.63, 3.8) is 0 Å². The van der Waals surface area contributed by atoms with E-state index in [4.69, 9.17) is 0 Å². The molecule has 3 rings (SSSR count). The molecule has 0 atom stereocenters. The van der Waals surface area contributed by atoms with Gasteiger partial charge >= 0.3 is 0 Å². The first kappa shape index (κ1) is 16.0. The van der Waals surface area contributed by atoms with Crippen LogP contribution in [0.5, 0.6) is 0 Å². The van der Waals surface area contributed by atoms with E-state index in [9.17, 15) is 9.59 Å². The molecule has 0 aliphatic rings. The van der Waals surface area contributed by atoms with E-state index in [0.29, 0.717) is 12.2 Å². The third kappa shape index (κ3) is 2.95. The van der Waals surface area contributed by atoms with Gasteiger partial charge in [-0.05, 0) is 48.6 Å². The number of hydrogen-bond acceptors (Lipinski definition) is 2. The van der Waals surface area contributed by atoms with Gasteiger partial charge < -0.3 is 9.88 Å². The minimum absolute atomic E-state index is 0.162. The monoisotopic (exact) mass is 320 g/mol. The molecule has 0 radical (unpaired) electrons. The zero-order chi connectivity index (χ0) is 17.1. The molecule has 0 aliphatic heterocycles. The minimum atomic E-state index is -0.378. The van der Waals surface area contributed by atoms with E-state index in [0.717, 1.165) is 17.3 Å². The summed E-state index contributed by atoms with van der Waals surface area (Å²) in [6.07, 6.45) is 0.945. The van der Waals surface area contributed by atoms with Gasteiger partial charge in [0.25, 0.3) is 11.5 Å². The number of hydrogen-bond donors (Lipinski definition) is 1. The van der Waals surface area contributed by atoms with Crippen LogP contribution in [0.1, 0.15) is 29.8 Å². The van der Waals surface area contributed by atoms with Gasteiger partial charge in [-0.2, -0.15) is 0 Å². The number of carbonyl (C=O) groups excluding carboxylic acids is 1. The van der Waals surface area contributed by atoms with E-state index in [1.807, 2.05) is 55.5 Å². The normalized spacial score (nSPS) is 10.8. The van der Waals surface area contributed by atoms with Crippen LogP contribution >= 0.6 is 0 Å². The van der Waals surface area contributed by atoms with Crippen LogP contribution in [0.2, 0.25) is 0 Å². The molecule has 4 heteroatoms. The van der Waals surface area contributed by atoms with Gasteiger partial charge in [0.2, 0.25) is 0 Å². The van der Waals surface area contributed by atoms with Crippen molar-refractivity contribution in [2.45, 2.75) is 26.8 Å². The maximum atomic E-state index is 12.6. The fraction of sp³-hybridized carbons (Fsp3) is 0.200. The van der Waals surface area contributed by atoms with E-state index in [1.165, 1.54) is 5.56 Å². The van der Waals surface area contributed by atoms with Crippen LogP contribution in [-0.2, 0) is 13.0 Å². The van der Waals surface area contributed by atoms with Crippen molar-refractivity contribution in [2.24, 2.45) is 0 Å². The lowest BCUT2D eigenvalue weighted by Crippen LogP contribution is -2.29. The number of amides is 1. The van der Waals surface area contributed by atoms with Crippen LogP contribution in [0, 0.1) is 0 Å². The third-order valence-corrected chi connectivity index (χ3v) is 4.18. The fourth-order valence-electron chi connectivity index (χ4n) is 2.83. The summed E-state index contributed by atoms with van der Waals surface area (Å²) in [5.74, 6) is -0.378. The lowest BCUT2D eigenvalue weighted by Gasteiger charge is -2.11. The maximum absolute atomic E-state index is 12.6. The van der Waals surface area contributed by atoms with Crippen LogP contribution in [0.25, 0.3) is 10.9 Å². The van der Waals surface area contributed by atoms with Crippen LogP contribution in [0.3, 0.4) is 0 Å². The molecule has 2 aromatic carbocycles. The van der Waals surface area contributed by atoms with Gasteiger partial charge in [0, 0.05) is 12.2 Å². The Morgan fingerprint density at radius 3 is 2.42 bits per heavy atom. The summed E-state index contributed by atoms with van der Waals surface area (Å²) in [7, 11) is 0. The first-order valence-electron chi connectivity index (χ1n) is 8.17. The highest BCUT2D eigenvalue weighted by molar-refractivity contribution is 6.05. The third-order valence-electron chi connectivity index (χ3n) is 4.18. The molecule has 1 N–H and O–H groups in total. The van der Waals surface area contributed by atoms with Gasteiger partial charge in [-0.3, -0.25) is 9.59 Å². The topological polar surface area (TPSA) is 51.1 Å². The van der Waals surface area contributed by atoms with Crippen molar-refractivity contribution in [1.82, 2.24) is 4.57 Å². The first-order chi connectivity index (χ1) is 11.6. The van der Waals surface area contributed by atoms with Gasteiger partial charge in [-0.25, -0.2) is 0 Å². The molecule has 0 saturated heterocycles. The SMILES string of the molecule is CCc1ccc(NC(=O)c2cc3ccccc3n(CC)c2=O)cc1. The standard InChI is InChI=1S/C20H20N2O2/c1-3-14-9-11-16(12-10-14)21-19(23)17-13-15-7-5-6-8-18(15)22(4-2)20(17)24/h5-13H,3-4H2,1-2H3,(H,21,23). The van der Waals surface area contributed by atoms with Gasteiger partial charge in [0.1, 0.15) is 5.56 Å². The lowest BCUT2D eigenvalue weighted by molar-refractivity contribution is 0.102. The molecular formula is C20H20N2O2. The zero-order valence-corrected chi connectivity index (χ0v) is 13.9. The minimum Gasteiger partial charge on any atom is -0.322 e. The van der Waals surface area contributed by atoms with Gasteiger partial charge in [-0.15, -0.1) is 0 Å². The van der Waals surface area contributed by atoms with Crippen LogP contribution < -0.4 is 10.9 Å². The van der Waals surface area contributed by atoms with Crippen molar-refractivity contribution in [2.75, 3.05) is 5.32 Å². The summed E-state index contributed by atoms with van der Waals surface area (Å²) < 4.78 is 1.63. The molecule has 1 aromatic heterocycles. The number of anilines is 1. The van der Waals surface area contributed by atoms with Crippen LogP contribution in [-0.4, -0.2) is 10.5 Å². The van der Waals surface area contributed by atoms with E-state index < -0.39 is 0 Å². The van der Waals surface area contributed by atoms with Crippen molar-refractivity contribution in [3.8, 4) is 0 Å². The summed E-state index contributed by atoms with van der Waals surface area (Å²) in [5.41, 5.74) is 2.63. The lowest BCUT2D eigenvalue weighted by atomic mass is 10.1. The Hall–Kier alpha value is -2.88. The quantitative estimate of drug-likeness (QED) is 0.794. The second-order valence-corrected chi connectivity index (χ2v) is 5.67. The van der Waals surface area contributed by atoms with Crippen molar-refractivity contribution >= 4 is 22.5 Å². The van der Waals surface area contributed by atoms with Crippen LogP contribution in [0.4, 0.5) is 5.69 Å². The molecule has 1 amide bonds. The molecule has 0 spiro atoms. The molecule has 1 heterocycles. The summed E-state index contributed by atoms with van der Waals surface area (Å²) in [5, 5.41) is 3.69. The number of carbonyl (C=O) groups is 1. The van der Waals surface area contributed by atoms with E-state index in [2.05, 4.69) is 12.2 Å². The molecule has 0 aliphatic carbocycles. The number of aryl methyl sites for hydroxylation is 2. The molecule has 0 fully saturated rings. The zero-order valence-electron chi connectivity index (χ0n) is 13.9. The first-order valence-corrected chi connectivity index (χ1v) is 8.17. The molecule has 24 heavy (non-hydrogen) atoms. The Balaban J connectivity index is 2.00. The molecule has 0 bridgehead atoms. The summed E-state index contributed by atoms with van der Waals surface area (Å²) in [4.78, 5) is 25.2. The summed E-state index contributed by atoms with van der Waals surface area (Å²) >= 11 is 0. The number of nitrogens with zero attached hydrogens (tertiary/aromatic N) is 1. The van der Waals surface area contributed by atoms with Gasteiger partial charge in [-0.1, -0.05) is 37.3 Å². The summed E-state index contributed by atoms with van der Waals surface area (Å²) in [6.45, 7) is 4.50. The Bertz CT molecular complexity index is 940. The number of benzene rings is 2. The Labute approximate surface area is 140 Å². The largest absolute Gasteiger partial charge is 0.322 e. The number of pyridine rings is 1. The maximum Gasteiger partial charge on any atom is 0.263 e. The molecule has 4 nitrogen and oxygen atoms in total. The number of fused-ring (bicyclic) bond motifs is 1. The highest BCUT2D eigenvalue weighted by Gasteiger charge is 2.15. The second-order valence-electron chi connectivity index (χ2n) is 5.67. The highest BCUT2D eigenvalue weighted by atomic mass is 16.2. The van der Waals surface area contributed by atoms with E-state index in [1.54, 1.807) is 10.6 Å². The molecule has 0 saturated carbocycles. The van der Waals surface area contributed by atoms with E-state index in [-0.39, 0.29) is 17.0 Å². The summed E-state index contributed by atoms with van der Waals surface area (Å²) in [6, 6.07) is 16.9. The molecule has 122 valence electrons. The predicted molar refractivity (Wildman–Crippen MR) is 97.7 cm³/mol. The predicted octanol–water partition coefficient (Wildman–Crippen LogP) is 3.84. The average Bonchev–Trinajstić information content (AvgIpc) is 2.61. The Morgan fingerprint density at radius 1 is 1.04 bits per heavy atom. The average molecular weight is 320 g/mol. The van der Waals surface area contributed by atoms with Gasteiger partial charge in [0.05, 0.1) is 5.52 Å². The molecular weight excluding hydrogens is 300 g/mol. The second kappa shape index (κ2) is 6.71. The molecule has 0 unspecified atom stereocenters. The number of para-hydroxylation sites is 1. The van der Waals surface area contributed by atoms with Crippen molar-refractivity contribution < 1.29 is 4.79 Å². The number of nitrogens with one attached hydrogen (secondary N) is 1. The molecule has 3 aromatic rings. The number of rotatable bonds is 4. The van der Waals surface area contributed by atoms with E-state index >= 15 is 0 Å². The Kier molecular flexibility index (Phi) is 4.47. The van der Waals surface area contributed by atoms with Gasteiger partial charge in [0.15, 0.2) is 0 Å². The fourth-order valence-corrected chi connectivity index (χ4v) is 2.83.